The van der Waals surface area contributed by atoms with Crippen molar-refractivity contribution < 1.29 is 0 Å². The Bertz CT molecular complexity index is 194. The Labute approximate surface area is 105 Å². The van der Waals surface area contributed by atoms with E-state index < -0.39 is 0 Å². The summed E-state index contributed by atoms with van der Waals surface area (Å²) in [5, 5.41) is 0.939. The van der Waals surface area contributed by atoms with Gasteiger partial charge >= 0.3 is 0 Å². The van der Waals surface area contributed by atoms with E-state index in [-0.39, 0.29) is 0 Å². The second kappa shape index (κ2) is 6.27. The van der Waals surface area contributed by atoms with Gasteiger partial charge in [-0.2, -0.15) is 11.8 Å². The fourth-order valence-corrected chi connectivity index (χ4v) is 3.62. The molecule has 0 saturated carbocycles. The number of hydrogen-bond acceptors (Lipinski definition) is 3. The van der Waals surface area contributed by atoms with Crippen molar-refractivity contribution in [3.05, 3.63) is 0 Å². The first-order valence-corrected chi connectivity index (χ1v) is 8.00. The summed E-state index contributed by atoms with van der Waals surface area (Å²) in [5.74, 6) is 0.974. The third-order valence-corrected chi connectivity index (χ3v) is 5.36. The van der Waals surface area contributed by atoms with Crippen LogP contribution in [0.15, 0.2) is 0 Å². The van der Waals surface area contributed by atoms with Gasteiger partial charge in [-0.05, 0) is 71.1 Å². The van der Waals surface area contributed by atoms with E-state index in [0.717, 1.165) is 11.2 Å². The van der Waals surface area contributed by atoms with Crippen LogP contribution >= 0.6 is 11.8 Å². The molecule has 0 atom stereocenters. The average molecular weight is 242 g/mol. The summed E-state index contributed by atoms with van der Waals surface area (Å²) in [6.45, 7) is 6.68. The van der Waals surface area contributed by atoms with E-state index in [1.807, 2.05) is 0 Å². The van der Waals surface area contributed by atoms with Crippen LogP contribution in [0.25, 0.3) is 0 Å². The van der Waals surface area contributed by atoms with Crippen molar-refractivity contribution in [3.63, 3.8) is 0 Å². The second-order valence-electron chi connectivity index (χ2n) is 5.48. The molecule has 3 heteroatoms. The number of likely N-dealkylation sites (tertiary alicyclic amines) is 2. The van der Waals surface area contributed by atoms with Gasteiger partial charge in [-0.3, -0.25) is 0 Å². The van der Waals surface area contributed by atoms with Crippen LogP contribution in [-0.2, 0) is 0 Å². The maximum atomic E-state index is 2.71. The number of piperidine rings is 2. The Balaban J connectivity index is 1.66. The monoisotopic (exact) mass is 242 g/mol. The van der Waals surface area contributed by atoms with Crippen LogP contribution in [0, 0.1) is 5.92 Å². The summed E-state index contributed by atoms with van der Waals surface area (Å²) in [7, 11) is 2.25. The number of hydrogen-bond donors (Lipinski definition) is 0. The molecule has 2 rings (SSSR count). The third-order valence-electron chi connectivity index (χ3n) is 4.22. The van der Waals surface area contributed by atoms with Crippen molar-refractivity contribution in [1.82, 2.24) is 9.80 Å². The van der Waals surface area contributed by atoms with Crippen LogP contribution in [0.4, 0.5) is 0 Å². The summed E-state index contributed by atoms with van der Waals surface area (Å²) in [4.78, 5) is 5.18. The maximum Gasteiger partial charge on any atom is 0.00685 e. The minimum atomic E-state index is 0.939. The molecular formula is C13H26N2S. The lowest BCUT2D eigenvalue weighted by Crippen LogP contribution is -2.41. The molecule has 2 fully saturated rings. The van der Waals surface area contributed by atoms with Crippen LogP contribution < -0.4 is 0 Å². The molecule has 0 amide bonds. The number of nitrogens with zero attached hydrogens (tertiary/aromatic N) is 2. The number of thioether (sulfide) groups is 1. The molecule has 2 aliphatic heterocycles. The molecule has 0 unspecified atom stereocenters. The molecule has 2 aliphatic rings. The van der Waals surface area contributed by atoms with Gasteiger partial charge in [0.25, 0.3) is 0 Å². The summed E-state index contributed by atoms with van der Waals surface area (Å²) in [5.41, 5.74) is 0. The predicted octanol–water partition coefficient (Wildman–Crippen LogP) is 2.16. The van der Waals surface area contributed by atoms with E-state index in [1.165, 1.54) is 58.4 Å². The molecule has 0 aromatic rings. The molecule has 0 aliphatic carbocycles. The van der Waals surface area contributed by atoms with Crippen LogP contribution in [0.3, 0.4) is 0 Å². The zero-order chi connectivity index (χ0) is 11.4. The lowest BCUT2D eigenvalue weighted by molar-refractivity contribution is 0.146. The van der Waals surface area contributed by atoms with Crippen molar-refractivity contribution in [2.45, 2.75) is 30.9 Å². The lowest BCUT2D eigenvalue weighted by atomic mass is 9.95. The fourth-order valence-electron chi connectivity index (χ4n) is 2.94. The summed E-state index contributed by atoms with van der Waals surface area (Å²) in [6.07, 6.45) is 7.91. The summed E-state index contributed by atoms with van der Waals surface area (Å²) >= 11 is 2.06. The van der Waals surface area contributed by atoms with Crippen molar-refractivity contribution in [2.75, 3.05) is 46.0 Å². The molecule has 0 bridgehead atoms. The highest BCUT2D eigenvalue weighted by Gasteiger charge is 2.23. The quantitative estimate of drug-likeness (QED) is 0.749. The van der Waals surface area contributed by atoms with Gasteiger partial charge in [0, 0.05) is 11.8 Å². The van der Waals surface area contributed by atoms with E-state index in [1.54, 1.807) is 0 Å². The van der Waals surface area contributed by atoms with E-state index in [4.69, 9.17) is 0 Å². The van der Waals surface area contributed by atoms with E-state index in [9.17, 15) is 0 Å². The Hall–Kier alpha value is 0.270. The van der Waals surface area contributed by atoms with Gasteiger partial charge in [0.15, 0.2) is 0 Å². The van der Waals surface area contributed by atoms with Gasteiger partial charge in [-0.15, -0.1) is 0 Å². The van der Waals surface area contributed by atoms with Gasteiger partial charge in [-0.25, -0.2) is 0 Å². The molecule has 0 radical (unpaired) electrons. The highest BCUT2D eigenvalue weighted by Crippen LogP contribution is 2.23. The van der Waals surface area contributed by atoms with E-state index >= 15 is 0 Å². The standard InChI is InChI=1S/C13H26N2S/c1-14-7-3-12(4-8-14)11-15-9-5-13(16-2)6-10-15/h12-13H,3-11H2,1-2H3. The minimum Gasteiger partial charge on any atom is -0.306 e. The molecule has 2 saturated heterocycles. The summed E-state index contributed by atoms with van der Waals surface area (Å²) < 4.78 is 0. The zero-order valence-corrected chi connectivity index (χ0v) is 11.6. The first kappa shape index (κ1) is 12.7. The van der Waals surface area contributed by atoms with Crippen LogP contribution in [-0.4, -0.2) is 61.1 Å². The highest BCUT2D eigenvalue weighted by molar-refractivity contribution is 7.99. The lowest BCUT2D eigenvalue weighted by Gasteiger charge is -2.36. The van der Waals surface area contributed by atoms with Gasteiger partial charge in [0.1, 0.15) is 0 Å². The Kier molecular flexibility index (Phi) is 4.98. The first-order chi connectivity index (χ1) is 7.78. The first-order valence-electron chi connectivity index (χ1n) is 6.71. The average Bonchev–Trinajstić information content (AvgIpc) is 2.33. The minimum absolute atomic E-state index is 0.939. The Morgan fingerprint density at radius 1 is 1.00 bits per heavy atom. The molecular weight excluding hydrogens is 216 g/mol. The van der Waals surface area contributed by atoms with Gasteiger partial charge in [0.05, 0.1) is 0 Å². The Morgan fingerprint density at radius 2 is 1.62 bits per heavy atom. The van der Waals surface area contributed by atoms with Crippen LogP contribution in [0.2, 0.25) is 0 Å². The fraction of sp³-hybridized carbons (Fsp3) is 1.00. The van der Waals surface area contributed by atoms with E-state index in [0.29, 0.717) is 0 Å². The number of rotatable bonds is 3. The molecule has 0 spiro atoms. The summed E-state index contributed by atoms with van der Waals surface area (Å²) in [6, 6.07) is 0. The zero-order valence-electron chi connectivity index (χ0n) is 10.8. The van der Waals surface area contributed by atoms with Gasteiger partial charge in [-0.1, -0.05) is 0 Å². The molecule has 2 heterocycles. The van der Waals surface area contributed by atoms with Crippen molar-refractivity contribution in [2.24, 2.45) is 5.92 Å². The largest absolute Gasteiger partial charge is 0.306 e. The van der Waals surface area contributed by atoms with Crippen molar-refractivity contribution in [1.29, 1.82) is 0 Å². The second-order valence-corrected chi connectivity index (χ2v) is 6.62. The van der Waals surface area contributed by atoms with Gasteiger partial charge < -0.3 is 9.80 Å². The third kappa shape index (κ3) is 3.64. The smallest absolute Gasteiger partial charge is 0.00685 e. The molecule has 0 aromatic carbocycles. The Morgan fingerprint density at radius 3 is 2.19 bits per heavy atom. The van der Waals surface area contributed by atoms with Gasteiger partial charge in [0.2, 0.25) is 0 Å². The molecule has 94 valence electrons. The molecule has 16 heavy (non-hydrogen) atoms. The van der Waals surface area contributed by atoms with Crippen LogP contribution in [0.1, 0.15) is 25.7 Å². The normalized spacial score (nSPS) is 27.4. The van der Waals surface area contributed by atoms with E-state index in [2.05, 4.69) is 34.9 Å². The van der Waals surface area contributed by atoms with Crippen molar-refractivity contribution in [3.8, 4) is 0 Å². The maximum absolute atomic E-state index is 2.71. The molecule has 0 N–H and O–H groups in total. The van der Waals surface area contributed by atoms with Crippen molar-refractivity contribution >= 4 is 11.8 Å². The molecule has 2 nitrogen and oxygen atoms in total. The van der Waals surface area contributed by atoms with Crippen LogP contribution in [0.5, 0.6) is 0 Å². The highest BCUT2D eigenvalue weighted by atomic mass is 32.2. The SMILES string of the molecule is CSC1CCN(CC2CCN(C)CC2)CC1. The topological polar surface area (TPSA) is 6.48 Å². The molecule has 0 aromatic heterocycles. The predicted molar refractivity (Wildman–Crippen MR) is 73.2 cm³/mol.